The first-order valence-corrected chi connectivity index (χ1v) is 6.92. The number of H-pyrrole nitrogens is 1. The van der Waals surface area contributed by atoms with Crippen molar-refractivity contribution in [2.24, 2.45) is 5.14 Å². The summed E-state index contributed by atoms with van der Waals surface area (Å²) in [6.45, 7) is 0. The molecule has 0 aliphatic rings. The van der Waals surface area contributed by atoms with E-state index in [2.05, 4.69) is 9.97 Å². The number of aromatic amines is 1. The molecule has 0 amide bonds. The van der Waals surface area contributed by atoms with Crippen molar-refractivity contribution in [3.8, 4) is 0 Å². The van der Waals surface area contributed by atoms with E-state index in [1.807, 2.05) is 0 Å². The van der Waals surface area contributed by atoms with E-state index >= 15 is 0 Å². The number of sulfonamides is 1. The van der Waals surface area contributed by atoms with Crippen LogP contribution in [0.4, 0.5) is 5.69 Å². The largest absolute Gasteiger partial charge is 0.398 e. The van der Waals surface area contributed by atoms with Gasteiger partial charge in [-0.25, -0.2) is 18.5 Å². The molecule has 1 aromatic heterocycles. The SMILES string of the molecule is Nc1cc(Sc2ncc[nH]2)ccc1S(N)(=O)=O. The Morgan fingerprint density at radius 3 is 2.65 bits per heavy atom. The van der Waals surface area contributed by atoms with Crippen LogP contribution < -0.4 is 10.9 Å². The van der Waals surface area contributed by atoms with E-state index in [4.69, 9.17) is 10.9 Å². The predicted octanol–water partition coefficient (Wildman–Crippen LogP) is 0.791. The molecule has 0 atom stereocenters. The normalized spacial score (nSPS) is 11.6. The molecular weight excluding hydrogens is 260 g/mol. The number of rotatable bonds is 3. The van der Waals surface area contributed by atoms with E-state index in [9.17, 15) is 8.42 Å². The highest BCUT2D eigenvalue weighted by Gasteiger charge is 2.12. The third-order valence-corrected chi connectivity index (χ3v) is 3.87. The zero-order chi connectivity index (χ0) is 12.5. The van der Waals surface area contributed by atoms with E-state index in [1.165, 1.54) is 17.8 Å². The predicted molar refractivity (Wildman–Crippen MR) is 64.9 cm³/mol. The van der Waals surface area contributed by atoms with Crippen molar-refractivity contribution < 1.29 is 8.42 Å². The Labute approximate surface area is 102 Å². The van der Waals surface area contributed by atoms with Gasteiger partial charge in [-0.1, -0.05) is 11.8 Å². The Hall–Kier alpha value is -1.51. The van der Waals surface area contributed by atoms with Crippen molar-refractivity contribution in [2.75, 3.05) is 5.73 Å². The van der Waals surface area contributed by atoms with Crippen molar-refractivity contribution in [3.63, 3.8) is 0 Å². The smallest absolute Gasteiger partial charge is 0.240 e. The molecule has 6 nitrogen and oxygen atoms in total. The van der Waals surface area contributed by atoms with Gasteiger partial charge >= 0.3 is 0 Å². The maximum atomic E-state index is 11.2. The number of nitrogens with two attached hydrogens (primary N) is 2. The number of hydrogen-bond donors (Lipinski definition) is 3. The second kappa shape index (κ2) is 4.40. The fourth-order valence-electron chi connectivity index (χ4n) is 1.27. The zero-order valence-electron chi connectivity index (χ0n) is 8.62. The van der Waals surface area contributed by atoms with Gasteiger partial charge in [0.05, 0.1) is 5.69 Å². The van der Waals surface area contributed by atoms with Crippen LogP contribution in [-0.4, -0.2) is 18.4 Å². The molecule has 0 radical (unpaired) electrons. The standard InChI is InChI=1S/C9H10N4O2S2/c10-7-5-6(16-9-12-3-4-13-9)1-2-8(7)17(11,14)15/h1-5H,10H2,(H,12,13)(H2,11,14,15). The highest BCUT2D eigenvalue weighted by atomic mass is 32.2. The molecule has 0 saturated carbocycles. The minimum absolute atomic E-state index is 0.0682. The quantitative estimate of drug-likeness (QED) is 0.713. The molecule has 0 unspecified atom stereocenters. The first-order chi connectivity index (χ1) is 7.97. The van der Waals surface area contributed by atoms with Crippen LogP contribution in [-0.2, 0) is 10.0 Å². The molecule has 2 aromatic rings. The summed E-state index contributed by atoms with van der Waals surface area (Å²) in [5.74, 6) is 0. The summed E-state index contributed by atoms with van der Waals surface area (Å²) in [4.78, 5) is 7.67. The van der Waals surface area contributed by atoms with Crippen molar-refractivity contribution >= 4 is 27.5 Å². The highest BCUT2D eigenvalue weighted by molar-refractivity contribution is 7.99. The van der Waals surface area contributed by atoms with E-state index in [-0.39, 0.29) is 10.6 Å². The summed E-state index contributed by atoms with van der Waals surface area (Å²) < 4.78 is 22.3. The average Bonchev–Trinajstić information content (AvgIpc) is 2.68. The molecular formula is C9H10N4O2S2. The second-order valence-electron chi connectivity index (χ2n) is 3.24. The van der Waals surface area contributed by atoms with E-state index in [0.29, 0.717) is 5.16 Å². The summed E-state index contributed by atoms with van der Waals surface area (Å²) in [5.41, 5.74) is 5.76. The monoisotopic (exact) mass is 270 g/mol. The van der Waals surface area contributed by atoms with E-state index < -0.39 is 10.0 Å². The molecule has 90 valence electrons. The van der Waals surface area contributed by atoms with Gasteiger partial charge in [0.1, 0.15) is 4.90 Å². The lowest BCUT2D eigenvalue weighted by Crippen LogP contribution is -2.14. The average molecular weight is 270 g/mol. The van der Waals surface area contributed by atoms with E-state index in [1.54, 1.807) is 24.5 Å². The number of primary sulfonamides is 1. The van der Waals surface area contributed by atoms with Crippen LogP contribution >= 0.6 is 11.8 Å². The van der Waals surface area contributed by atoms with Crippen LogP contribution in [0.3, 0.4) is 0 Å². The lowest BCUT2D eigenvalue weighted by Gasteiger charge is -2.05. The third-order valence-electron chi connectivity index (χ3n) is 1.98. The molecule has 0 aliphatic heterocycles. The van der Waals surface area contributed by atoms with Crippen LogP contribution in [0.5, 0.6) is 0 Å². The minimum Gasteiger partial charge on any atom is -0.398 e. The Morgan fingerprint density at radius 1 is 1.35 bits per heavy atom. The Balaban J connectivity index is 2.32. The number of benzene rings is 1. The molecule has 0 bridgehead atoms. The van der Waals surface area contributed by atoms with Crippen LogP contribution in [0, 0.1) is 0 Å². The number of imidazole rings is 1. The molecule has 1 heterocycles. The van der Waals surface area contributed by atoms with Gasteiger partial charge in [-0.05, 0) is 18.2 Å². The Bertz CT molecular complexity index is 622. The topological polar surface area (TPSA) is 115 Å². The molecule has 5 N–H and O–H groups in total. The van der Waals surface area contributed by atoms with Crippen LogP contribution in [0.1, 0.15) is 0 Å². The van der Waals surface area contributed by atoms with Gasteiger partial charge in [0.15, 0.2) is 5.16 Å². The summed E-state index contributed by atoms with van der Waals surface area (Å²) in [5, 5.41) is 5.71. The molecule has 0 saturated heterocycles. The van der Waals surface area contributed by atoms with Gasteiger partial charge in [0, 0.05) is 17.3 Å². The minimum atomic E-state index is -3.77. The molecule has 8 heteroatoms. The maximum Gasteiger partial charge on any atom is 0.240 e. The fourth-order valence-corrected chi connectivity index (χ4v) is 2.70. The lowest BCUT2D eigenvalue weighted by atomic mass is 10.3. The summed E-state index contributed by atoms with van der Waals surface area (Å²) in [7, 11) is -3.77. The van der Waals surface area contributed by atoms with Crippen LogP contribution in [0.2, 0.25) is 0 Å². The van der Waals surface area contributed by atoms with Crippen molar-refractivity contribution in [1.82, 2.24) is 9.97 Å². The Kier molecular flexibility index (Phi) is 3.09. The van der Waals surface area contributed by atoms with Crippen LogP contribution in [0.25, 0.3) is 0 Å². The molecule has 0 aliphatic carbocycles. The number of anilines is 1. The number of hydrogen-bond acceptors (Lipinski definition) is 5. The highest BCUT2D eigenvalue weighted by Crippen LogP contribution is 2.28. The van der Waals surface area contributed by atoms with Gasteiger partial charge in [0.25, 0.3) is 0 Å². The number of nitrogens with one attached hydrogen (secondary N) is 1. The zero-order valence-corrected chi connectivity index (χ0v) is 10.3. The first kappa shape index (κ1) is 12.0. The number of aromatic nitrogens is 2. The number of nitrogens with zero attached hydrogens (tertiary/aromatic N) is 1. The second-order valence-corrected chi connectivity index (χ2v) is 5.83. The Morgan fingerprint density at radius 2 is 2.12 bits per heavy atom. The van der Waals surface area contributed by atoms with Gasteiger partial charge < -0.3 is 10.7 Å². The molecule has 0 fully saturated rings. The third kappa shape index (κ3) is 2.78. The lowest BCUT2D eigenvalue weighted by molar-refractivity contribution is 0.598. The number of nitrogen functional groups attached to an aromatic ring is 1. The van der Waals surface area contributed by atoms with Gasteiger partial charge in [-0.3, -0.25) is 0 Å². The summed E-state index contributed by atoms with van der Waals surface area (Å²) in [6, 6.07) is 4.56. The van der Waals surface area contributed by atoms with Crippen molar-refractivity contribution in [1.29, 1.82) is 0 Å². The molecule has 2 rings (SSSR count). The summed E-state index contributed by atoms with van der Waals surface area (Å²) >= 11 is 1.35. The van der Waals surface area contributed by atoms with Crippen molar-refractivity contribution in [3.05, 3.63) is 30.6 Å². The first-order valence-electron chi connectivity index (χ1n) is 4.56. The molecule has 17 heavy (non-hydrogen) atoms. The van der Waals surface area contributed by atoms with E-state index in [0.717, 1.165) is 4.90 Å². The van der Waals surface area contributed by atoms with Gasteiger partial charge in [-0.2, -0.15) is 0 Å². The fraction of sp³-hybridized carbons (Fsp3) is 0. The molecule has 0 spiro atoms. The molecule has 1 aromatic carbocycles. The van der Waals surface area contributed by atoms with Crippen LogP contribution in [0.15, 0.2) is 45.5 Å². The van der Waals surface area contributed by atoms with Gasteiger partial charge in [-0.15, -0.1) is 0 Å². The van der Waals surface area contributed by atoms with Gasteiger partial charge in [0.2, 0.25) is 10.0 Å². The summed E-state index contributed by atoms with van der Waals surface area (Å²) in [6.07, 6.45) is 3.33. The maximum absolute atomic E-state index is 11.2. The van der Waals surface area contributed by atoms with Crippen molar-refractivity contribution in [2.45, 2.75) is 14.9 Å².